The zero-order valence-corrected chi connectivity index (χ0v) is 22.0. The number of nitrogens with one attached hydrogen (secondary N) is 1. The molecule has 1 aliphatic rings. The van der Waals surface area contributed by atoms with Crippen molar-refractivity contribution in [1.82, 2.24) is 9.38 Å². The van der Waals surface area contributed by atoms with E-state index in [1.165, 1.54) is 0 Å². The molecule has 0 unspecified atom stereocenters. The fourth-order valence-corrected chi connectivity index (χ4v) is 5.09. The number of carboxylic acids is 1. The summed E-state index contributed by atoms with van der Waals surface area (Å²) in [6, 6.07) is 12.4. The van der Waals surface area contributed by atoms with Crippen molar-refractivity contribution in [3.63, 3.8) is 0 Å². The van der Waals surface area contributed by atoms with Gasteiger partial charge in [-0.2, -0.15) is 0 Å². The summed E-state index contributed by atoms with van der Waals surface area (Å²) in [7, 11) is 3.22. The topological polar surface area (TPSA) is 105 Å². The second-order valence-electron chi connectivity index (χ2n) is 9.58. The fraction of sp³-hybridized carbons (Fsp3) is 0.276. The molecule has 0 saturated heterocycles. The Kier molecular flexibility index (Phi) is 6.44. The van der Waals surface area contributed by atoms with Gasteiger partial charge in [-0.1, -0.05) is 12.1 Å². The monoisotopic (exact) mass is 514 g/mol. The standard InChI is InChI=1S/C29H30N4O5/c1-16-10-22(18(3)30-23-9-7-6-8-21(23)29(35)36)27-31-26(17(2)28(34)33(27)13-16)32-14-19-11-24(37-4)25(38-5)12-20(19)15-32/h6-13,18,30H,14-15H2,1-5H3,(H,35,36)/t18-/m1/s1. The quantitative estimate of drug-likeness (QED) is 0.365. The zero-order chi connectivity index (χ0) is 27.1. The van der Waals surface area contributed by atoms with Crippen molar-refractivity contribution in [3.8, 4) is 11.5 Å². The maximum atomic E-state index is 13.6. The van der Waals surface area contributed by atoms with Gasteiger partial charge in [0.15, 0.2) is 11.5 Å². The molecule has 0 aliphatic carbocycles. The maximum absolute atomic E-state index is 13.6. The molecular weight excluding hydrogens is 484 g/mol. The van der Waals surface area contributed by atoms with Gasteiger partial charge in [-0.15, -0.1) is 0 Å². The van der Waals surface area contributed by atoms with E-state index in [0.29, 0.717) is 47.3 Å². The number of nitrogens with zero attached hydrogens (tertiary/aromatic N) is 3. The van der Waals surface area contributed by atoms with Crippen molar-refractivity contribution in [3.05, 3.63) is 92.4 Å². The van der Waals surface area contributed by atoms with Gasteiger partial charge in [-0.25, -0.2) is 9.78 Å². The second-order valence-corrected chi connectivity index (χ2v) is 9.58. The minimum Gasteiger partial charge on any atom is -0.493 e. The molecule has 4 aromatic rings. The lowest BCUT2D eigenvalue weighted by Gasteiger charge is -2.23. The van der Waals surface area contributed by atoms with Crippen LogP contribution in [0.3, 0.4) is 0 Å². The highest BCUT2D eigenvalue weighted by atomic mass is 16.5. The average molecular weight is 515 g/mol. The third-order valence-corrected chi connectivity index (χ3v) is 7.01. The molecule has 0 radical (unpaired) electrons. The van der Waals surface area contributed by atoms with Crippen LogP contribution in [0.4, 0.5) is 11.5 Å². The van der Waals surface area contributed by atoms with Crippen LogP contribution in [0.25, 0.3) is 5.65 Å². The SMILES string of the molecule is COc1cc2c(cc1OC)CN(c1nc3c([C@@H](C)Nc4ccccc4C(=O)O)cc(C)cn3c(=O)c1C)C2. The van der Waals surface area contributed by atoms with Crippen molar-refractivity contribution in [1.29, 1.82) is 0 Å². The Balaban J connectivity index is 1.58. The second kappa shape index (κ2) is 9.74. The largest absolute Gasteiger partial charge is 0.493 e. The van der Waals surface area contributed by atoms with Crippen molar-refractivity contribution < 1.29 is 19.4 Å². The smallest absolute Gasteiger partial charge is 0.337 e. The highest BCUT2D eigenvalue weighted by Crippen LogP contribution is 2.37. The first-order valence-electron chi connectivity index (χ1n) is 12.3. The lowest BCUT2D eigenvalue weighted by atomic mass is 10.1. The Morgan fingerprint density at radius 3 is 2.29 bits per heavy atom. The van der Waals surface area contributed by atoms with E-state index in [1.807, 2.05) is 32.0 Å². The molecule has 2 aromatic carbocycles. The van der Waals surface area contributed by atoms with Crippen LogP contribution in [0.15, 0.2) is 53.5 Å². The van der Waals surface area contributed by atoms with Crippen LogP contribution in [0, 0.1) is 13.8 Å². The molecule has 1 atom stereocenters. The number of methoxy groups -OCH3 is 2. The number of aromatic nitrogens is 2. The third-order valence-electron chi connectivity index (χ3n) is 7.01. The average Bonchev–Trinajstić information content (AvgIpc) is 3.32. The number of anilines is 2. The lowest BCUT2D eigenvalue weighted by molar-refractivity contribution is 0.0698. The fourth-order valence-electron chi connectivity index (χ4n) is 5.09. The molecule has 3 heterocycles. The van der Waals surface area contributed by atoms with Crippen LogP contribution in [-0.4, -0.2) is 34.7 Å². The number of aromatic carboxylic acids is 1. The highest BCUT2D eigenvalue weighted by Gasteiger charge is 2.26. The van der Waals surface area contributed by atoms with Gasteiger partial charge in [0.05, 0.1) is 31.4 Å². The van der Waals surface area contributed by atoms with E-state index >= 15 is 0 Å². The molecule has 0 bridgehead atoms. The number of rotatable bonds is 7. The molecule has 1 aliphatic heterocycles. The Labute approximate surface area is 220 Å². The molecule has 0 amide bonds. The molecule has 2 aromatic heterocycles. The summed E-state index contributed by atoms with van der Waals surface area (Å²) in [5.74, 6) is 0.933. The van der Waals surface area contributed by atoms with E-state index in [1.54, 1.807) is 56.0 Å². The van der Waals surface area contributed by atoms with Crippen LogP contribution in [-0.2, 0) is 13.1 Å². The van der Waals surface area contributed by atoms with Gasteiger partial charge in [-0.05, 0) is 67.8 Å². The summed E-state index contributed by atoms with van der Waals surface area (Å²) in [6.45, 7) is 6.83. The lowest BCUT2D eigenvalue weighted by Crippen LogP contribution is -2.27. The molecule has 9 heteroatoms. The van der Waals surface area contributed by atoms with Gasteiger partial charge in [0.1, 0.15) is 11.5 Å². The Bertz CT molecular complexity index is 1600. The number of pyridine rings is 1. The molecule has 0 spiro atoms. The van der Waals surface area contributed by atoms with Crippen LogP contribution < -0.4 is 25.2 Å². The van der Waals surface area contributed by atoms with E-state index in [-0.39, 0.29) is 17.2 Å². The summed E-state index contributed by atoms with van der Waals surface area (Å²) < 4.78 is 12.5. The van der Waals surface area contributed by atoms with Gasteiger partial charge in [0.25, 0.3) is 5.56 Å². The van der Waals surface area contributed by atoms with Crippen LogP contribution in [0.5, 0.6) is 11.5 Å². The van der Waals surface area contributed by atoms with Crippen LogP contribution in [0.2, 0.25) is 0 Å². The predicted molar refractivity (Wildman–Crippen MR) is 146 cm³/mol. The number of fused-ring (bicyclic) bond motifs is 2. The van der Waals surface area contributed by atoms with Gasteiger partial charge < -0.3 is 24.8 Å². The summed E-state index contributed by atoms with van der Waals surface area (Å²) in [5, 5.41) is 12.9. The number of carboxylic acid groups (broad SMARTS) is 1. The summed E-state index contributed by atoms with van der Waals surface area (Å²) in [6.07, 6.45) is 1.79. The summed E-state index contributed by atoms with van der Waals surface area (Å²) in [5.41, 5.74) is 5.50. The number of carbonyl (C=O) groups is 1. The number of ether oxygens (including phenoxy) is 2. The Morgan fingerprint density at radius 1 is 1.05 bits per heavy atom. The van der Waals surface area contributed by atoms with E-state index in [2.05, 4.69) is 10.2 Å². The molecule has 9 nitrogen and oxygen atoms in total. The van der Waals surface area contributed by atoms with E-state index in [0.717, 1.165) is 22.3 Å². The first-order valence-corrected chi connectivity index (χ1v) is 12.3. The molecule has 0 fully saturated rings. The number of hydrogen-bond donors (Lipinski definition) is 2. The number of benzene rings is 2. The number of para-hydroxylation sites is 1. The van der Waals surface area contributed by atoms with Gasteiger partial charge in [0, 0.05) is 30.5 Å². The maximum Gasteiger partial charge on any atom is 0.337 e. The molecule has 196 valence electrons. The van der Waals surface area contributed by atoms with Crippen molar-refractivity contribution in [2.75, 3.05) is 24.4 Å². The highest BCUT2D eigenvalue weighted by molar-refractivity contribution is 5.94. The first kappa shape index (κ1) is 25.1. The molecule has 2 N–H and O–H groups in total. The van der Waals surface area contributed by atoms with Crippen LogP contribution >= 0.6 is 0 Å². The van der Waals surface area contributed by atoms with E-state index < -0.39 is 5.97 Å². The minimum absolute atomic E-state index is 0.140. The summed E-state index contributed by atoms with van der Waals surface area (Å²) >= 11 is 0. The van der Waals surface area contributed by atoms with E-state index in [9.17, 15) is 14.7 Å². The number of hydrogen-bond acceptors (Lipinski definition) is 7. The summed E-state index contributed by atoms with van der Waals surface area (Å²) in [4.78, 5) is 32.4. The van der Waals surface area contributed by atoms with Gasteiger partial charge >= 0.3 is 5.97 Å². The Morgan fingerprint density at radius 2 is 1.68 bits per heavy atom. The first-order chi connectivity index (χ1) is 18.2. The van der Waals surface area contributed by atoms with Gasteiger partial charge in [0.2, 0.25) is 0 Å². The van der Waals surface area contributed by atoms with Crippen LogP contribution in [0.1, 0.15) is 51.1 Å². The minimum atomic E-state index is -1.01. The van der Waals surface area contributed by atoms with Crippen molar-refractivity contribution >= 4 is 23.1 Å². The molecule has 5 rings (SSSR count). The molecule has 38 heavy (non-hydrogen) atoms. The normalized spacial score (nSPS) is 13.3. The molecule has 0 saturated carbocycles. The Hall–Kier alpha value is -4.53. The van der Waals surface area contributed by atoms with Gasteiger partial charge in [-0.3, -0.25) is 9.20 Å². The van der Waals surface area contributed by atoms with Crippen molar-refractivity contribution in [2.45, 2.75) is 39.9 Å². The predicted octanol–water partition coefficient (Wildman–Crippen LogP) is 4.72. The van der Waals surface area contributed by atoms with Crippen molar-refractivity contribution in [2.24, 2.45) is 0 Å². The molecular formula is C29H30N4O5. The van der Waals surface area contributed by atoms with E-state index in [4.69, 9.17) is 14.5 Å². The zero-order valence-electron chi connectivity index (χ0n) is 22.0. The third kappa shape index (κ3) is 4.30. The number of aryl methyl sites for hydroxylation is 1.